The molecule has 0 bridgehead atoms. The van der Waals surface area contributed by atoms with Crippen molar-refractivity contribution in [3.05, 3.63) is 60.4 Å². The SMILES string of the molecule is CNC1CCN(c2ccc(NC(=O)c3ccc(-c4ccc(OC)c(OC)c4)o3)cc2)C1. The van der Waals surface area contributed by atoms with E-state index in [9.17, 15) is 4.79 Å². The molecular formula is C24H27N3O4. The van der Waals surface area contributed by atoms with Crippen molar-refractivity contribution in [2.24, 2.45) is 0 Å². The number of hydrogen-bond acceptors (Lipinski definition) is 6. The molecule has 1 fully saturated rings. The van der Waals surface area contributed by atoms with Crippen LogP contribution in [-0.2, 0) is 0 Å². The number of hydrogen-bond donors (Lipinski definition) is 2. The van der Waals surface area contributed by atoms with E-state index in [1.165, 1.54) is 0 Å². The van der Waals surface area contributed by atoms with Gasteiger partial charge in [0, 0.05) is 36.1 Å². The molecule has 0 spiro atoms. The normalized spacial score (nSPS) is 15.7. The van der Waals surface area contributed by atoms with Crippen LogP contribution in [0.15, 0.2) is 59.0 Å². The Balaban J connectivity index is 1.42. The Morgan fingerprint density at radius 3 is 2.48 bits per heavy atom. The van der Waals surface area contributed by atoms with Gasteiger partial charge >= 0.3 is 0 Å². The third-order valence-electron chi connectivity index (χ3n) is 5.58. The molecule has 1 amide bonds. The smallest absolute Gasteiger partial charge is 0.291 e. The van der Waals surface area contributed by atoms with Gasteiger partial charge in [0.05, 0.1) is 14.2 Å². The fraction of sp³-hybridized carbons (Fsp3) is 0.292. The largest absolute Gasteiger partial charge is 0.493 e. The molecule has 2 N–H and O–H groups in total. The van der Waals surface area contributed by atoms with Crippen molar-refractivity contribution in [2.45, 2.75) is 12.5 Å². The summed E-state index contributed by atoms with van der Waals surface area (Å²) in [5.74, 6) is 1.76. The molecule has 7 heteroatoms. The Bertz CT molecular complexity index is 1050. The van der Waals surface area contributed by atoms with Gasteiger partial charge in [0.2, 0.25) is 0 Å². The van der Waals surface area contributed by atoms with Crippen LogP contribution < -0.4 is 25.0 Å². The zero-order valence-electron chi connectivity index (χ0n) is 18.0. The zero-order chi connectivity index (χ0) is 21.8. The first-order valence-electron chi connectivity index (χ1n) is 10.3. The van der Waals surface area contributed by atoms with Gasteiger partial charge in [-0.1, -0.05) is 0 Å². The molecule has 1 unspecified atom stereocenters. The van der Waals surface area contributed by atoms with Gasteiger partial charge in [-0.05, 0) is 68.1 Å². The highest BCUT2D eigenvalue weighted by atomic mass is 16.5. The highest BCUT2D eigenvalue weighted by Gasteiger charge is 2.21. The molecule has 2 aromatic carbocycles. The summed E-state index contributed by atoms with van der Waals surface area (Å²) < 4.78 is 16.4. The summed E-state index contributed by atoms with van der Waals surface area (Å²) in [4.78, 5) is 15.0. The topological polar surface area (TPSA) is 76.0 Å². The third kappa shape index (κ3) is 4.51. The van der Waals surface area contributed by atoms with Crippen LogP contribution >= 0.6 is 0 Å². The maximum atomic E-state index is 12.6. The van der Waals surface area contributed by atoms with Gasteiger partial charge in [0.15, 0.2) is 17.3 Å². The molecule has 1 aromatic heterocycles. The van der Waals surface area contributed by atoms with Crippen LogP contribution in [0.25, 0.3) is 11.3 Å². The van der Waals surface area contributed by atoms with Crippen molar-refractivity contribution in [3.63, 3.8) is 0 Å². The van der Waals surface area contributed by atoms with E-state index in [1.54, 1.807) is 32.4 Å². The molecule has 162 valence electrons. The van der Waals surface area contributed by atoms with Crippen LogP contribution in [0, 0.1) is 0 Å². The van der Waals surface area contributed by atoms with Crippen molar-refractivity contribution in [3.8, 4) is 22.8 Å². The molecule has 7 nitrogen and oxygen atoms in total. The molecule has 1 aliphatic rings. The van der Waals surface area contributed by atoms with Crippen LogP contribution in [0.1, 0.15) is 17.0 Å². The molecule has 1 saturated heterocycles. The van der Waals surface area contributed by atoms with Crippen molar-refractivity contribution in [1.82, 2.24) is 5.32 Å². The standard InChI is InChI=1S/C24H27N3O4/c1-25-18-12-13-27(15-18)19-7-5-17(6-8-19)26-24(28)22-11-10-20(31-22)16-4-9-21(29-2)23(14-16)30-3/h4-11,14,18,25H,12-13,15H2,1-3H3,(H,26,28). The lowest BCUT2D eigenvalue weighted by Gasteiger charge is -2.19. The Labute approximate surface area is 182 Å². The van der Waals surface area contributed by atoms with Crippen molar-refractivity contribution < 1.29 is 18.7 Å². The monoisotopic (exact) mass is 421 g/mol. The van der Waals surface area contributed by atoms with Crippen LogP contribution in [0.3, 0.4) is 0 Å². The Kier molecular flexibility index (Phi) is 6.13. The highest BCUT2D eigenvalue weighted by molar-refractivity contribution is 6.02. The summed E-state index contributed by atoms with van der Waals surface area (Å²) in [6.45, 7) is 2.02. The van der Waals surface area contributed by atoms with E-state index in [2.05, 4.69) is 15.5 Å². The molecule has 0 aliphatic carbocycles. The first-order valence-corrected chi connectivity index (χ1v) is 10.3. The molecule has 0 saturated carbocycles. The van der Waals surface area contributed by atoms with Gasteiger partial charge in [0.25, 0.3) is 5.91 Å². The number of methoxy groups -OCH3 is 2. The number of anilines is 2. The summed E-state index contributed by atoms with van der Waals surface area (Å²) >= 11 is 0. The molecule has 3 aromatic rings. The first-order chi connectivity index (χ1) is 15.1. The van der Waals surface area contributed by atoms with Gasteiger partial charge in [-0.25, -0.2) is 0 Å². The lowest BCUT2D eigenvalue weighted by atomic mass is 10.1. The molecule has 2 heterocycles. The number of amides is 1. The Morgan fingerprint density at radius 2 is 1.81 bits per heavy atom. The van der Waals surface area contributed by atoms with Crippen LogP contribution in [0.4, 0.5) is 11.4 Å². The van der Waals surface area contributed by atoms with Crippen LogP contribution in [-0.4, -0.2) is 46.3 Å². The molecule has 0 radical (unpaired) electrons. The second kappa shape index (κ2) is 9.14. The minimum atomic E-state index is -0.295. The number of carbonyl (C=O) groups excluding carboxylic acids is 1. The lowest BCUT2D eigenvalue weighted by molar-refractivity contribution is 0.0997. The van der Waals surface area contributed by atoms with E-state index in [0.29, 0.717) is 23.3 Å². The third-order valence-corrected chi connectivity index (χ3v) is 5.58. The predicted molar refractivity (Wildman–Crippen MR) is 121 cm³/mol. The van der Waals surface area contributed by atoms with E-state index < -0.39 is 0 Å². The quantitative estimate of drug-likeness (QED) is 0.600. The van der Waals surface area contributed by atoms with Gasteiger partial charge in [-0.15, -0.1) is 0 Å². The maximum absolute atomic E-state index is 12.6. The molecular weight excluding hydrogens is 394 g/mol. The fourth-order valence-corrected chi connectivity index (χ4v) is 3.78. The van der Waals surface area contributed by atoms with E-state index in [-0.39, 0.29) is 11.7 Å². The molecule has 31 heavy (non-hydrogen) atoms. The Hall–Kier alpha value is -3.45. The lowest BCUT2D eigenvalue weighted by Crippen LogP contribution is -2.29. The van der Waals surface area contributed by atoms with Gasteiger partial charge in [-0.2, -0.15) is 0 Å². The highest BCUT2D eigenvalue weighted by Crippen LogP contribution is 2.33. The number of ether oxygens (including phenoxy) is 2. The van der Waals surface area contributed by atoms with Gasteiger partial charge in [0.1, 0.15) is 5.76 Å². The second-order valence-corrected chi connectivity index (χ2v) is 7.45. The minimum absolute atomic E-state index is 0.241. The average Bonchev–Trinajstić information content (AvgIpc) is 3.49. The van der Waals surface area contributed by atoms with Gasteiger partial charge in [-0.3, -0.25) is 4.79 Å². The van der Waals surface area contributed by atoms with Gasteiger partial charge < -0.3 is 29.4 Å². The average molecular weight is 421 g/mol. The number of carbonyl (C=O) groups is 1. The minimum Gasteiger partial charge on any atom is -0.493 e. The van der Waals surface area contributed by atoms with E-state index in [0.717, 1.165) is 36.4 Å². The molecule has 1 aliphatic heterocycles. The summed E-state index contributed by atoms with van der Waals surface area (Å²) in [6.07, 6.45) is 1.13. The van der Waals surface area contributed by atoms with Crippen LogP contribution in [0.2, 0.25) is 0 Å². The first kappa shape index (κ1) is 20.8. The summed E-state index contributed by atoms with van der Waals surface area (Å²) in [5, 5.41) is 6.22. The summed E-state index contributed by atoms with van der Waals surface area (Å²) in [7, 11) is 5.16. The van der Waals surface area contributed by atoms with Crippen molar-refractivity contribution >= 4 is 17.3 Å². The molecule has 1 atom stereocenters. The number of nitrogens with one attached hydrogen (secondary N) is 2. The Morgan fingerprint density at radius 1 is 1.03 bits per heavy atom. The summed E-state index contributed by atoms with van der Waals surface area (Å²) in [5.41, 5.74) is 2.68. The predicted octanol–water partition coefficient (Wildman–Crippen LogP) is 4.01. The molecule has 4 rings (SSSR count). The van der Waals surface area contributed by atoms with Crippen molar-refractivity contribution in [2.75, 3.05) is 44.6 Å². The summed E-state index contributed by atoms with van der Waals surface area (Å²) in [6, 6.07) is 17.3. The van der Waals surface area contributed by atoms with E-state index >= 15 is 0 Å². The van der Waals surface area contributed by atoms with Crippen LogP contribution in [0.5, 0.6) is 11.5 Å². The number of likely N-dealkylation sites (N-methyl/N-ethyl adjacent to an activating group) is 1. The van der Waals surface area contributed by atoms with E-state index in [4.69, 9.17) is 13.9 Å². The number of nitrogens with zero attached hydrogens (tertiary/aromatic N) is 1. The second-order valence-electron chi connectivity index (χ2n) is 7.45. The zero-order valence-corrected chi connectivity index (χ0v) is 18.0. The van der Waals surface area contributed by atoms with Crippen molar-refractivity contribution in [1.29, 1.82) is 0 Å². The number of rotatable bonds is 7. The number of furan rings is 1. The fourth-order valence-electron chi connectivity index (χ4n) is 3.78. The maximum Gasteiger partial charge on any atom is 0.291 e. The van der Waals surface area contributed by atoms with E-state index in [1.807, 2.05) is 43.4 Å². The number of benzene rings is 2.